The second kappa shape index (κ2) is 7.12. The van der Waals surface area contributed by atoms with Gasteiger partial charge in [0, 0.05) is 18.0 Å². The summed E-state index contributed by atoms with van der Waals surface area (Å²) in [5.41, 5.74) is 1.43. The summed E-state index contributed by atoms with van der Waals surface area (Å²) in [6, 6.07) is 15.1. The Morgan fingerprint density at radius 1 is 1.26 bits per heavy atom. The summed E-state index contributed by atoms with van der Waals surface area (Å²) < 4.78 is 7.75. The fraction of sp³-hybridized carbons (Fsp3) is 0.286. The molecule has 1 aliphatic rings. The number of hydrogen-bond acceptors (Lipinski definition) is 4. The summed E-state index contributed by atoms with van der Waals surface area (Å²) >= 11 is 0. The first-order valence-electron chi connectivity index (χ1n) is 9.07. The number of rotatable bonds is 5. The molecule has 0 spiro atoms. The molecule has 4 rings (SSSR count). The van der Waals surface area contributed by atoms with Crippen LogP contribution in [-0.4, -0.2) is 20.8 Å². The number of hydrogen-bond donors (Lipinski definition) is 1. The number of ether oxygens (including phenoxy) is 1. The minimum Gasteiger partial charge on any atom is -0.487 e. The molecule has 1 aliphatic carbocycles. The Kier molecular flexibility index (Phi) is 4.51. The third kappa shape index (κ3) is 3.63. The molecule has 0 aliphatic heterocycles. The quantitative estimate of drug-likeness (QED) is 0.755. The predicted molar refractivity (Wildman–Crippen MR) is 100 cm³/mol. The van der Waals surface area contributed by atoms with E-state index in [4.69, 9.17) is 4.74 Å². The van der Waals surface area contributed by atoms with E-state index in [1.807, 2.05) is 41.1 Å². The molecule has 3 aromatic rings. The van der Waals surface area contributed by atoms with Crippen LogP contribution in [0.3, 0.4) is 0 Å². The Hall–Kier alpha value is -3.33. The number of nitriles is 1. The van der Waals surface area contributed by atoms with Gasteiger partial charge in [-0.2, -0.15) is 5.26 Å². The van der Waals surface area contributed by atoms with Crippen LogP contribution in [0.25, 0.3) is 5.65 Å². The first-order chi connectivity index (χ1) is 13.2. The van der Waals surface area contributed by atoms with Crippen molar-refractivity contribution in [2.24, 2.45) is 0 Å². The van der Waals surface area contributed by atoms with E-state index in [0.717, 1.165) is 24.2 Å². The topological polar surface area (TPSA) is 79.4 Å². The molecule has 6 nitrogen and oxygen atoms in total. The van der Waals surface area contributed by atoms with E-state index in [9.17, 15) is 10.1 Å². The van der Waals surface area contributed by atoms with Gasteiger partial charge in [-0.25, -0.2) is 4.98 Å². The van der Waals surface area contributed by atoms with Gasteiger partial charge in [0.25, 0.3) is 5.91 Å². The minimum absolute atomic E-state index is 0.239. The number of imidazole rings is 1. The molecule has 0 bridgehead atoms. The Morgan fingerprint density at radius 2 is 2.11 bits per heavy atom. The lowest BCUT2D eigenvalue weighted by Gasteiger charge is -2.22. The minimum atomic E-state index is -0.732. The lowest BCUT2D eigenvalue weighted by Crippen LogP contribution is -2.45. The Bertz CT molecular complexity index is 979. The maximum atomic E-state index is 12.6. The molecule has 0 radical (unpaired) electrons. The zero-order chi connectivity index (χ0) is 18.7. The van der Waals surface area contributed by atoms with Crippen molar-refractivity contribution >= 4 is 11.6 Å². The summed E-state index contributed by atoms with van der Waals surface area (Å²) in [5.74, 6) is 0.355. The summed E-state index contributed by atoms with van der Waals surface area (Å²) in [4.78, 5) is 17.1. The molecule has 1 aromatic carbocycles. The number of nitrogens with zero attached hydrogens (tertiary/aromatic N) is 3. The first kappa shape index (κ1) is 17.1. The van der Waals surface area contributed by atoms with Crippen LogP contribution in [0.2, 0.25) is 0 Å². The molecule has 1 saturated carbocycles. The van der Waals surface area contributed by atoms with Gasteiger partial charge in [0.15, 0.2) is 0 Å². The van der Waals surface area contributed by atoms with Crippen molar-refractivity contribution in [2.45, 2.75) is 37.8 Å². The van der Waals surface area contributed by atoms with Crippen LogP contribution in [0.15, 0.2) is 54.9 Å². The van der Waals surface area contributed by atoms with Crippen LogP contribution in [0.5, 0.6) is 5.75 Å². The number of amides is 1. The van der Waals surface area contributed by atoms with E-state index in [-0.39, 0.29) is 5.91 Å². The SMILES string of the molecule is N#CC1(NC(=O)c2cccc(OCc3cn4ccccc4n3)c2)CCCC1. The number of aromatic nitrogens is 2. The Balaban J connectivity index is 1.44. The van der Waals surface area contributed by atoms with Crippen LogP contribution >= 0.6 is 0 Å². The summed E-state index contributed by atoms with van der Waals surface area (Å²) in [6.45, 7) is 0.314. The number of fused-ring (bicyclic) bond motifs is 1. The number of carbonyl (C=O) groups is 1. The van der Waals surface area contributed by atoms with E-state index >= 15 is 0 Å². The van der Waals surface area contributed by atoms with Gasteiger partial charge in [-0.05, 0) is 56.0 Å². The predicted octanol–water partition coefficient (Wildman–Crippen LogP) is 3.48. The average molecular weight is 360 g/mol. The third-order valence-electron chi connectivity index (χ3n) is 4.92. The lowest BCUT2D eigenvalue weighted by atomic mass is 9.99. The highest BCUT2D eigenvalue weighted by atomic mass is 16.5. The second-order valence-corrected chi connectivity index (χ2v) is 6.87. The second-order valence-electron chi connectivity index (χ2n) is 6.87. The molecular formula is C21H20N4O2. The van der Waals surface area contributed by atoms with Crippen LogP contribution in [-0.2, 0) is 6.61 Å². The number of carbonyl (C=O) groups excluding carboxylic acids is 1. The third-order valence-corrected chi connectivity index (χ3v) is 4.92. The first-order valence-corrected chi connectivity index (χ1v) is 9.07. The van der Waals surface area contributed by atoms with Crippen LogP contribution < -0.4 is 10.1 Å². The van der Waals surface area contributed by atoms with Crippen LogP contribution in [0.4, 0.5) is 0 Å². The number of pyridine rings is 1. The van der Waals surface area contributed by atoms with Gasteiger partial charge < -0.3 is 14.5 Å². The summed E-state index contributed by atoms with van der Waals surface area (Å²) in [7, 11) is 0. The molecule has 136 valence electrons. The van der Waals surface area contributed by atoms with E-state index in [1.54, 1.807) is 18.2 Å². The standard InChI is InChI=1S/C21H20N4O2/c22-15-21(9-2-3-10-21)24-20(26)16-6-5-7-18(12-16)27-14-17-13-25-11-4-1-8-19(25)23-17/h1,4-8,11-13H,2-3,9-10,14H2,(H,24,26). The van der Waals surface area contributed by atoms with Crippen LogP contribution in [0, 0.1) is 11.3 Å². The van der Waals surface area contributed by atoms with Crippen molar-refractivity contribution in [3.63, 3.8) is 0 Å². The van der Waals surface area contributed by atoms with Gasteiger partial charge in [0.1, 0.15) is 23.5 Å². The normalized spacial score (nSPS) is 15.4. The number of benzene rings is 1. The maximum absolute atomic E-state index is 12.6. The fourth-order valence-electron chi connectivity index (χ4n) is 3.47. The van der Waals surface area contributed by atoms with E-state index in [2.05, 4.69) is 16.4 Å². The van der Waals surface area contributed by atoms with Gasteiger partial charge in [0.05, 0.1) is 11.8 Å². The largest absolute Gasteiger partial charge is 0.487 e. The molecule has 2 heterocycles. The van der Waals surface area contributed by atoms with Crippen molar-refractivity contribution < 1.29 is 9.53 Å². The lowest BCUT2D eigenvalue weighted by molar-refractivity contribution is 0.0920. The highest BCUT2D eigenvalue weighted by Crippen LogP contribution is 2.29. The molecule has 2 aromatic heterocycles. The highest BCUT2D eigenvalue weighted by Gasteiger charge is 2.35. The molecular weight excluding hydrogens is 340 g/mol. The van der Waals surface area contributed by atoms with Crippen molar-refractivity contribution in [3.05, 3.63) is 66.1 Å². The zero-order valence-electron chi connectivity index (χ0n) is 14.9. The van der Waals surface area contributed by atoms with Crippen molar-refractivity contribution in [3.8, 4) is 11.8 Å². The fourth-order valence-corrected chi connectivity index (χ4v) is 3.47. The van der Waals surface area contributed by atoms with Crippen molar-refractivity contribution in [2.75, 3.05) is 0 Å². The van der Waals surface area contributed by atoms with Gasteiger partial charge in [0.2, 0.25) is 0 Å². The smallest absolute Gasteiger partial charge is 0.252 e. The number of nitrogens with one attached hydrogen (secondary N) is 1. The molecule has 27 heavy (non-hydrogen) atoms. The molecule has 1 N–H and O–H groups in total. The molecule has 0 unspecified atom stereocenters. The van der Waals surface area contributed by atoms with E-state index in [0.29, 0.717) is 30.8 Å². The summed E-state index contributed by atoms with van der Waals surface area (Å²) in [5, 5.41) is 12.3. The Labute approximate surface area is 157 Å². The van der Waals surface area contributed by atoms with Gasteiger partial charge >= 0.3 is 0 Å². The van der Waals surface area contributed by atoms with Gasteiger partial charge in [-0.1, -0.05) is 12.1 Å². The summed E-state index contributed by atoms with van der Waals surface area (Å²) in [6.07, 6.45) is 7.21. The van der Waals surface area contributed by atoms with E-state index in [1.165, 1.54) is 0 Å². The molecule has 6 heteroatoms. The van der Waals surface area contributed by atoms with Gasteiger partial charge in [-0.15, -0.1) is 0 Å². The molecule has 0 atom stereocenters. The van der Waals surface area contributed by atoms with E-state index < -0.39 is 5.54 Å². The molecule has 1 fully saturated rings. The van der Waals surface area contributed by atoms with Crippen molar-refractivity contribution in [1.29, 1.82) is 5.26 Å². The highest BCUT2D eigenvalue weighted by molar-refractivity contribution is 5.95. The van der Waals surface area contributed by atoms with Crippen LogP contribution in [0.1, 0.15) is 41.7 Å². The monoisotopic (exact) mass is 360 g/mol. The Morgan fingerprint density at radius 3 is 2.89 bits per heavy atom. The zero-order valence-corrected chi connectivity index (χ0v) is 14.9. The van der Waals surface area contributed by atoms with Gasteiger partial charge in [-0.3, -0.25) is 4.79 Å². The average Bonchev–Trinajstić information content (AvgIpc) is 3.33. The maximum Gasteiger partial charge on any atom is 0.252 e. The van der Waals surface area contributed by atoms with Crippen molar-refractivity contribution in [1.82, 2.24) is 14.7 Å². The molecule has 0 saturated heterocycles. The molecule has 1 amide bonds.